The van der Waals surface area contributed by atoms with Crippen molar-refractivity contribution in [2.45, 2.75) is 31.3 Å². The number of hydrogen-bond donors (Lipinski definition) is 2. The highest BCUT2D eigenvalue weighted by molar-refractivity contribution is 5.50. The highest BCUT2D eigenvalue weighted by Gasteiger charge is 2.34. The molecule has 0 unspecified atom stereocenters. The van der Waals surface area contributed by atoms with Crippen molar-refractivity contribution in [3.05, 3.63) is 29.6 Å². The number of nitrogens with two attached hydrogens (primary N) is 1. The molecule has 3 N–H and O–H groups in total. The molecule has 0 saturated heterocycles. The van der Waals surface area contributed by atoms with Crippen molar-refractivity contribution >= 4 is 5.69 Å². The lowest BCUT2D eigenvalue weighted by Gasteiger charge is -2.24. The van der Waals surface area contributed by atoms with Gasteiger partial charge in [0.1, 0.15) is 5.82 Å². The highest BCUT2D eigenvalue weighted by atomic mass is 19.1. The fourth-order valence-corrected chi connectivity index (χ4v) is 2.19. The Kier molecular flexibility index (Phi) is 2.19. The molecule has 0 spiro atoms. The van der Waals surface area contributed by atoms with Gasteiger partial charge >= 0.3 is 0 Å². The monoisotopic (exact) mass is 195 g/mol. The number of benzene rings is 1. The van der Waals surface area contributed by atoms with Gasteiger partial charge in [-0.2, -0.15) is 0 Å². The van der Waals surface area contributed by atoms with Crippen molar-refractivity contribution in [2.75, 3.05) is 5.73 Å². The Morgan fingerprint density at radius 3 is 2.50 bits per heavy atom. The predicted octanol–water partition coefficient (Wildman–Crippen LogP) is 2.17. The van der Waals surface area contributed by atoms with Crippen LogP contribution in [-0.2, 0) is 5.60 Å². The zero-order valence-corrected chi connectivity index (χ0v) is 7.96. The van der Waals surface area contributed by atoms with Crippen molar-refractivity contribution in [3.63, 3.8) is 0 Å². The average Bonchev–Trinajstić information content (AvgIpc) is 2.52. The molecule has 0 radical (unpaired) electrons. The summed E-state index contributed by atoms with van der Waals surface area (Å²) in [4.78, 5) is 0. The van der Waals surface area contributed by atoms with E-state index < -0.39 is 5.60 Å². The molecule has 1 fully saturated rings. The Morgan fingerprint density at radius 2 is 1.93 bits per heavy atom. The van der Waals surface area contributed by atoms with E-state index in [1.165, 1.54) is 12.1 Å². The van der Waals surface area contributed by atoms with E-state index in [2.05, 4.69) is 0 Å². The van der Waals surface area contributed by atoms with Crippen molar-refractivity contribution in [3.8, 4) is 0 Å². The van der Waals surface area contributed by atoms with E-state index >= 15 is 0 Å². The van der Waals surface area contributed by atoms with E-state index in [0.29, 0.717) is 11.3 Å². The van der Waals surface area contributed by atoms with Gasteiger partial charge in [-0.25, -0.2) is 4.39 Å². The van der Waals surface area contributed by atoms with Crippen LogP contribution < -0.4 is 5.73 Å². The molecule has 1 aliphatic carbocycles. The fourth-order valence-electron chi connectivity index (χ4n) is 2.19. The van der Waals surface area contributed by atoms with E-state index in [9.17, 15) is 9.50 Å². The van der Waals surface area contributed by atoms with Crippen LogP contribution >= 0.6 is 0 Å². The van der Waals surface area contributed by atoms with Gasteiger partial charge in [-0.15, -0.1) is 0 Å². The van der Waals surface area contributed by atoms with Crippen LogP contribution in [0.15, 0.2) is 18.2 Å². The van der Waals surface area contributed by atoms with Crippen LogP contribution in [0.4, 0.5) is 10.1 Å². The van der Waals surface area contributed by atoms with Gasteiger partial charge < -0.3 is 10.8 Å². The number of hydrogen-bond acceptors (Lipinski definition) is 2. The smallest absolute Gasteiger partial charge is 0.125 e. The van der Waals surface area contributed by atoms with Crippen LogP contribution in [0.5, 0.6) is 0 Å². The van der Waals surface area contributed by atoms with Crippen LogP contribution in [0.3, 0.4) is 0 Å². The third kappa shape index (κ3) is 1.48. The first-order chi connectivity index (χ1) is 6.62. The van der Waals surface area contributed by atoms with Gasteiger partial charge in [0.15, 0.2) is 0 Å². The average molecular weight is 195 g/mol. The molecule has 0 bridgehead atoms. The molecular weight excluding hydrogens is 181 g/mol. The summed E-state index contributed by atoms with van der Waals surface area (Å²) >= 11 is 0. The summed E-state index contributed by atoms with van der Waals surface area (Å²) in [6.45, 7) is 0. The van der Waals surface area contributed by atoms with Gasteiger partial charge in [0.25, 0.3) is 0 Å². The lowest BCUT2D eigenvalue weighted by Crippen LogP contribution is -2.22. The van der Waals surface area contributed by atoms with Crippen LogP contribution in [0, 0.1) is 5.82 Å². The first-order valence-electron chi connectivity index (χ1n) is 4.90. The fraction of sp³-hybridized carbons (Fsp3) is 0.455. The van der Waals surface area contributed by atoms with E-state index in [0.717, 1.165) is 25.7 Å². The van der Waals surface area contributed by atoms with E-state index in [1.807, 2.05) is 0 Å². The molecule has 2 rings (SSSR count). The summed E-state index contributed by atoms with van der Waals surface area (Å²) in [5.41, 5.74) is 5.90. The van der Waals surface area contributed by atoms with Crippen LogP contribution in [0.2, 0.25) is 0 Å². The minimum absolute atomic E-state index is 0.354. The lowest BCUT2D eigenvalue weighted by molar-refractivity contribution is 0.0452. The topological polar surface area (TPSA) is 46.2 Å². The Labute approximate surface area is 82.5 Å². The molecule has 1 aromatic rings. The minimum atomic E-state index is -0.822. The maximum Gasteiger partial charge on any atom is 0.125 e. The Bertz CT molecular complexity index is 345. The van der Waals surface area contributed by atoms with Crippen LogP contribution in [0.25, 0.3) is 0 Å². The summed E-state index contributed by atoms with van der Waals surface area (Å²) in [6, 6.07) is 4.21. The standard InChI is InChI=1S/C11H14FNO/c12-8-3-4-9(10(13)7-8)11(14)5-1-2-6-11/h3-4,7,14H,1-2,5-6,13H2. The van der Waals surface area contributed by atoms with Crippen molar-refractivity contribution in [2.24, 2.45) is 0 Å². The molecule has 0 aromatic heterocycles. The first kappa shape index (κ1) is 9.46. The molecule has 0 atom stereocenters. The molecule has 0 heterocycles. The largest absolute Gasteiger partial charge is 0.398 e. The normalized spacial score (nSPS) is 19.9. The second-order valence-corrected chi connectivity index (χ2v) is 3.97. The van der Waals surface area contributed by atoms with Gasteiger partial charge in [0.2, 0.25) is 0 Å². The second-order valence-electron chi connectivity index (χ2n) is 3.97. The summed E-state index contributed by atoms with van der Waals surface area (Å²) in [6.07, 6.45) is 3.46. The van der Waals surface area contributed by atoms with Crippen LogP contribution in [0.1, 0.15) is 31.2 Å². The number of rotatable bonds is 1. The second kappa shape index (κ2) is 3.24. The van der Waals surface area contributed by atoms with E-state index in [4.69, 9.17) is 5.73 Å². The summed E-state index contributed by atoms with van der Waals surface area (Å²) in [7, 11) is 0. The maximum atomic E-state index is 12.8. The zero-order chi connectivity index (χ0) is 10.2. The SMILES string of the molecule is Nc1cc(F)ccc1C1(O)CCCC1. The number of halogens is 1. The minimum Gasteiger partial charge on any atom is -0.398 e. The van der Waals surface area contributed by atoms with Gasteiger partial charge in [-0.3, -0.25) is 0 Å². The van der Waals surface area contributed by atoms with Gasteiger partial charge in [-0.05, 0) is 25.0 Å². The first-order valence-corrected chi connectivity index (χ1v) is 4.90. The third-order valence-electron chi connectivity index (χ3n) is 2.95. The van der Waals surface area contributed by atoms with Crippen LogP contribution in [-0.4, -0.2) is 5.11 Å². The number of aliphatic hydroxyl groups is 1. The molecule has 1 aliphatic rings. The molecule has 0 aliphatic heterocycles. The number of nitrogen functional groups attached to an aromatic ring is 1. The van der Waals surface area contributed by atoms with Gasteiger partial charge in [0.05, 0.1) is 5.60 Å². The van der Waals surface area contributed by atoms with Crippen molar-refractivity contribution < 1.29 is 9.50 Å². The molecule has 14 heavy (non-hydrogen) atoms. The molecular formula is C11H14FNO. The maximum absolute atomic E-state index is 12.8. The zero-order valence-electron chi connectivity index (χ0n) is 7.96. The summed E-state index contributed by atoms with van der Waals surface area (Å²) in [5, 5.41) is 10.2. The Morgan fingerprint density at radius 1 is 1.29 bits per heavy atom. The molecule has 1 aromatic carbocycles. The molecule has 2 nitrogen and oxygen atoms in total. The van der Waals surface area contributed by atoms with Crippen molar-refractivity contribution in [1.82, 2.24) is 0 Å². The quantitative estimate of drug-likeness (QED) is 0.674. The molecule has 3 heteroatoms. The summed E-state index contributed by atoms with van der Waals surface area (Å²) in [5.74, 6) is -0.354. The lowest BCUT2D eigenvalue weighted by atomic mass is 9.91. The van der Waals surface area contributed by atoms with Gasteiger partial charge in [0, 0.05) is 11.3 Å². The van der Waals surface area contributed by atoms with Crippen molar-refractivity contribution in [1.29, 1.82) is 0 Å². The highest BCUT2D eigenvalue weighted by Crippen LogP contribution is 2.40. The Hall–Kier alpha value is -1.09. The van der Waals surface area contributed by atoms with E-state index in [1.54, 1.807) is 6.07 Å². The summed E-state index contributed by atoms with van der Waals surface area (Å²) < 4.78 is 12.8. The molecule has 1 saturated carbocycles. The van der Waals surface area contributed by atoms with E-state index in [-0.39, 0.29) is 5.82 Å². The predicted molar refractivity (Wildman–Crippen MR) is 53.2 cm³/mol. The molecule has 76 valence electrons. The third-order valence-corrected chi connectivity index (χ3v) is 2.95. The molecule has 0 amide bonds. The van der Waals surface area contributed by atoms with Gasteiger partial charge in [-0.1, -0.05) is 18.9 Å². The Balaban J connectivity index is 2.40. The number of anilines is 1.